The largest absolute Gasteiger partial charge is 0.349 e. The van der Waals surface area contributed by atoms with Crippen LogP contribution in [0.25, 0.3) is 0 Å². The number of nitrogens with zero attached hydrogens (tertiary/aromatic N) is 1. The van der Waals surface area contributed by atoms with E-state index in [1.54, 1.807) is 30.3 Å². The van der Waals surface area contributed by atoms with Crippen molar-refractivity contribution in [3.05, 3.63) is 77.9 Å². The molecular formula is C23H27N3O2. The molecule has 2 N–H and O–H groups in total. The third-order valence-electron chi connectivity index (χ3n) is 4.90. The van der Waals surface area contributed by atoms with Gasteiger partial charge in [-0.3, -0.25) is 14.5 Å². The van der Waals surface area contributed by atoms with Crippen molar-refractivity contribution >= 4 is 17.5 Å². The lowest BCUT2D eigenvalue weighted by molar-refractivity contribution is 0.0959. The van der Waals surface area contributed by atoms with Crippen LogP contribution >= 0.6 is 0 Å². The van der Waals surface area contributed by atoms with Gasteiger partial charge < -0.3 is 10.6 Å². The third-order valence-corrected chi connectivity index (χ3v) is 4.90. The average Bonchev–Trinajstić information content (AvgIpc) is 2.73. The number of nitrogens with one attached hydrogen (secondary N) is 2. The second-order valence-electron chi connectivity index (χ2n) is 7.03. The fourth-order valence-corrected chi connectivity index (χ4v) is 3.38. The molecule has 2 amide bonds. The number of amides is 2. The molecule has 0 spiro atoms. The Labute approximate surface area is 166 Å². The molecule has 2 aromatic rings. The van der Waals surface area contributed by atoms with E-state index in [0.29, 0.717) is 23.4 Å². The predicted molar refractivity (Wildman–Crippen MR) is 112 cm³/mol. The first-order valence-electron chi connectivity index (χ1n) is 9.78. The van der Waals surface area contributed by atoms with Crippen LogP contribution in [0.5, 0.6) is 0 Å². The Morgan fingerprint density at radius 1 is 0.964 bits per heavy atom. The maximum Gasteiger partial charge on any atom is 0.255 e. The number of hydrogen-bond donors (Lipinski definition) is 2. The number of benzene rings is 2. The Hall–Kier alpha value is -2.92. The summed E-state index contributed by atoms with van der Waals surface area (Å²) in [6, 6.07) is 14.7. The van der Waals surface area contributed by atoms with Gasteiger partial charge in [0.1, 0.15) is 0 Å². The van der Waals surface area contributed by atoms with E-state index in [4.69, 9.17) is 0 Å². The fraction of sp³-hybridized carbons (Fsp3) is 0.304. The number of piperidine rings is 1. The zero-order valence-corrected chi connectivity index (χ0v) is 16.1. The molecule has 0 atom stereocenters. The van der Waals surface area contributed by atoms with Crippen molar-refractivity contribution in [3.8, 4) is 0 Å². The topological polar surface area (TPSA) is 61.4 Å². The van der Waals surface area contributed by atoms with Crippen LogP contribution < -0.4 is 10.6 Å². The summed E-state index contributed by atoms with van der Waals surface area (Å²) in [6.45, 7) is 7.18. The molecule has 0 aromatic heterocycles. The molecule has 3 rings (SSSR count). The van der Waals surface area contributed by atoms with Crippen LogP contribution in [0.2, 0.25) is 0 Å². The number of hydrogen-bond acceptors (Lipinski definition) is 3. The number of carbonyl (C=O) groups is 2. The summed E-state index contributed by atoms with van der Waals surface area (Å²) in [5.74, 6) is -0.471. The molecule has 2 aromatic carbocycles. The Kier molecular flexibility index (Phi) is 6.98. The number of rotatable bonds is 7. The van der Waals surface area contributed by atoms with Crippen LogP contribution in [-0.2, 0) is 6.54 Å². The van der Waals surface area contributed by atoms with Gasteiger partial charge in [0.2, 0.25) is 0 Å². The van der Waals surface area contributed by atoms with Crippen molar-refractivity contribution in [2.45, 2.75) is 25.8 Å². The molecule has 0 aliphatic carbocycles. The molecule has 1 saturated heterocycles. The highest BCUT2D eigenvalue weighted by Crippen LogP contribution is 2.17. The van der Waals surface area contributed by atoms with E-state index in [0.717, 1.165) is 19.6 Å². The van der Waals surface area contributed by atoms with Gasteiger partial charge in [-0.15, -0.1) is 6.58 Å². The third kappa shape index (κ3) is 5.30. The molecule has 1 heterocycles. The maximum absolute atomic E-state index is 12.6. The summed E-state index contributed by atoms with van der Waals surface area (Å²) in [5, 5.41) is 5.58. The van der Waals surface area contributed by atoms with Gasteiger partial charge in [-0.1, -0.05) is 36.8 Å². The smallest absolute Gasteiger partial charge is 0.255 e. The van der Waals surface area contributed by atoms with Crippen LogP contribution in [0.15, 0.2) is 61.2 Å². The number of para-hydroxylation sites is 1. The van der Waals surface area contributed by atoms with Gasteiger partial charge in [-0.05, 0) is 55.8 Å². The maximum atomic E-state index is 12.6. The van der Waals surface area contributed by atoms with Gasteiger partial charge in [0.15, 0.2) is 0 Å². The van der Waals surface area contributed by atoms with E-state index in [9.17, 15) is 9.59 Å². The molecule has 28 heavy (non-hydrogen) atoms. The number of likely N-dealkylation sites (tertiary alicyclic amines) is 1. The number of anilines is 1. The molecule has 0 unspecified atom stereocenters. The molecule has 5 nitrogen and oxygen atoms in total. The molecule has 1 aliphatic rings. The van der Waals surface area contributed by atoms with E-state index in [1.165, 1.54) is 24.8 Å². The Bertz CT molecular complexity index is 824. The minimum absolute atomic E-state index is 0.228. The molecular weight excluding hydrogens is 350 g/mol. The summed E-state index contributed by atoms with van der Waals surface area (Å²) in [6.07, 6.45) is 5.47. The summed E-state index contributed by atoms with van der Waals surface area (Å²) >= 11 is 0. The SMILES string of the molecule is C=CCNC(=O)c1ccccc1NC(=O)c1ccc(CN2CCCCC2)cc1. The quantitative estimate of drug-likeness (QED) is 0.721. The summed E-state index contributed by atoms with van der Waals surface area (Å²) < 4.78 is 0. The lowest BCUT2D eigenvalue weighted by Crippen LogP contribution is -2.29. The summed E-state index contributed by atoms with van der Waals surface area (Å²) in [4.78, 5) is 27.4. The van der Waals surface area contributed by atoms with Gasteiger partial charge in [-0.2, -0.15) is 0 Å². The van der Waals surface area contributed by atoms with E-state index < -0.39 is 0 Å². The number of carbonyl (C=O) groups excluding carboxylic acids is 2. The lowest BCUT2D eigenvalue weighted by Gasteiger charge is -2.26. The van der Waals surface area contributed by atoms with Crippen LogP contribution in [0.1, 0.15) is 45.5 Å². The van der Waals surface area contributed by atoms with Crippen LogP contribution in [0.4, 0.5) is 5.69 Å². The average molecular weight is 377 g/mol. The summed E-state index contributed by atoms with van der Waals surface area (Å²) in [7, 11) is 0. The van der Waals surface area contributed by atoms with Crippen molar-refractivity contribution in [2.75, 3.05) is 25.0 Å². The monoisotopic (exact) mass is 377 g/mol. The van der Waals surface area contributed by atoms with Crippen molar-refractivity contribution < 1.29 is 9.59 Å². The van der Waals surface area contributed by atoms with E-state index in [-0.39, 0.29) is 11.8 Å². The van der Waals surface area contributed by atoms with E-state index >= 15 is 0 Å². The highest BCUT2D eigenvalue weighted by atomic mass is 16.2. The highest BCUT2D eigenvalue weighted by Gasteiger charge is 2.14. The van der Waals surface area contributed by atoms with Gasteiger partial charge in [0.05, 0.1) is 11.3 Å². The van der Waals surface area contributed by atoms with Gasteiger partial charge in [-0.25, -0.2) is 0 Å². The highest BCUT2D eigenvalue weighted by molar-refractivity contribution is 6.09. The molecule has 5 heteroatoms. The van der Waals surface area contributed by atoms with Crippen LogP contribution in [0.3, 0.4) is 0 Å². The molecule has 0 saturated carbocycles. The Balaban J connectivity index is 1.64. The molecule has 1 fully saturated rings. The van der Waals surface area contributed by atoms with Crippen LogP contribution in [-0.4, -0.2) is 36.3 Å². The first-order valence-corrected chi connectivity index (χ1v) is 9.78. The second-order valence-corrected chi connectivity index (χ2v) is 7.03. The zero-order valence-electron chi connectivity index (χ0n) is 16.1. The normalized spacial score (nSPS) is 14.3. The molecule has 0 bridgehead atoms. The minimum Gasteiger partial charge on any atom is -0.349 e. The van der Waals surface area contributed by atoms with Gasteiger partial charge in [0, 0.05) is 18.7 Å². The van der Waals surface area contributed by atoms with E-state index in [1.807, 2.05) is 24.3 Å². The van der Waals surface area contributed by atoms with Crippen molar-refractivity contribution in [3.63, 3.8) is 0 Å². The zero-order chi connectivity index (χ0) is 19.8. The van der Waals surface area contributed by atoms with Crippen LogP contribution in [0, 0.1) is 0 Å². The van der Waals surface area contributed by atoms with Crippen molar-refractivity contribution in [1.29, 1.82) is 0 Å². The fourth-order valence-electron chi connectivity index (χ4n) is 3.38. The molecule has 0 radical (unpaired) electrons. The standard InChI is InChI=1S/C23H27N3O2/c1-2-14-24-23(28)20-8-4-5-9-21(20)25-22(27)19-12-10-18(11-13-19)17-26-15-6-3-7-16-26/h2,4-5,8-13H,1,3,6-7,14-17H2,(H,24,28)(H,25,27). The van der Waals surface area contributed by atoms with E-state index in [2.05, 4.69) is 22.1 Å². The predicted octanol–water partition coefficient (Wildman–Crippen LogP) is 3.84. The Morgan fingerprint density at radius 2 is 1.68 bits per heavy atom. The first kappa shape index (κ1) is 19.8. The molecule has 1 aliphatic heterocycles. The van der Waals surface area contributed by atoms with Gasteiger partial charge in [0.25, 0.3) is 11.8 Å². The second kappa shape index (κ2) is 9.85. The lowest BCUT2D eigenvalue weighted by atomic mass is 10.1. The van der Waals surface area contributed by atoms with Gasteiger partial charge >= 0.3 is 0 Å². The molecule has 146 valence electrons. The Morgan fingerprint density at radius 3 is 2.39 bits per heavy atom. The van der Waals surface area contributed by atoms with Crippen molar-refractivity contribution in [2.24, 2.45) is 0 Å². The first-order chi connectivity index (χ1) is 13.7. The minimum atomic E-state index is -0.243. The summed E-state index contributed by atoms with van der Waals surface area (Å²) in [5.41, 5.74) is 2.71. The van der Waals surface area contributed by atoms with Crippen molar-refractivity contribution in [1.82, 2.24) is 10.2 Å².